The van der Waals surface area contributed by atoms with E-state index in [2.05, 4.69) is 23.5 Å². The molecule has 0 saturated carbocycles. The SMILES string of the molecule is CC(C)N(C)CCCNS(=O)(=O)c1cc(CN)ccc1F. The Hall–Kier alpha value is -1.02. The molecule has 0 saturated heterocycles. The van der Waals surface area contributed by atoms with Crippen molar-refractivity contribution in [2.24, 2.45) is 5.73 Å². The summed E-state index contributed by atoms with van der Waals surface area (Å²) in [5, 5.41) is 0. The van der Waals surface area contributed by atoms with E-state index in [0.29, 0.717) is 18.0 Å². The first-order valence-electron chi connectivity index (χ1n) is 6.96. The van der Waals surface area contributed by atoms with Crippen molar-refractivity contribution in [3.63, 3.8) is 0 Å². The second-order valence-electron chi connectivity index (χ2n) is 5.29. The van der Waals surface area contributed by atoms with E-state index in [1.807, 2.05) is 7.05 Å². The molecule has 0 fully saturated rings. The van der Waals surface area contributed by atoms with Crippen LogP contribution in [0.5, 0.6) is 0 Å². The van der Waals surface area contributed by atoms with E-state index in [1.54, 1.807) is 0 Å². The van der Waals surface area contributed by atoms with Crippen LogP contribution in [0.15, 0.2) is 23.1 Å². The smallest absolute Gasteiger partial charge is 0.243 e. The zero-order valence-electron chi connectivity index (χ0n) is 12.8. The Bertz CT molecular complexity index is 561. The van der Waals surface area contributed by atoms with Gasteiger partial charge in [0.25, 0.3) is 0 Å². The summed E-state index contributed by atoms with van der Waals surface area (Å²) in [5.41, 5.74) is 6.03. The minimum absolute atomic E-state index is 0.169. The van der Waals surface area contributed by atoms with Gasteiger partial charge in [-0.1, -0.05) is 6.07 Å². The quantitative estimate of drug-likeness (QED) is 0.709. The maximum Gasteiger partial charge on any atom is 0.243 e. The third-order valence-corrected chi connectivity index (χ3v) is 4.86. The number of hydrogen-bond donors (Lipinski definition) is 2. The molecule has 0 aliphatic heterocycles. The van der Waals surface area contributed by atoms with E-state index in [4.69, 9.17) is 5.73 Å². The van der Waals surface area contributed by atoms with E-state index in [-0.39, 0.29) is 18.0 Å². The molecule has 1 aromatic carbocycles. The van der Waals surface area contributed by atoms with Crippen molar-refractivity contribution in [3.05, 3.63) is 29.6 Å². The van der Waals surface area contributed by atoms with Crippen LogP contribution < -0.4 is 10.5 Å². The van der Waals surface area contributed by atoms with Crippen LogP contribution in [0.2, 0.25) is 0 Å². The Balaban J connectivity index is 2.66. The lowest BCUT2D eigenvalue weighted by Gasteiger charge is -2.20. The summed E-state index contributed by atoms with van der Waals surface area (Å²) >= 11 is 0. The Kier molecular flexibility index (Phi) is 6.73. The molecule has 0 unspecified atom stereocenters. The molecule has 21 heavy (non-hydrogen) atoms. The lowest BCUT2D eigenvalue weighted by atomic mass is 10.2. The van der Waals surface area contributed by atoms with E-state index < -0.39 is 15.8 Å². The number of sulfonamides is 1. The molecule has 1 aromatic rings. The molecule has 7 heteroatoms. The van der Waals surface area contributed by atoms with Gasteiger partial charge in [0.1, 0.15) is 10.7 Å². The molecule has 0 aliphatic rings. The molecular weight excluding hydrogens is 293 g/mol. The molecule has 5 nitrogen and oxygen atoms in total. The van der Waals surface area contributed by atoms with Crippen LogP contribution >= 0.6 is 0 Å². The predicted octanol–water partition coefficient (Wildman–Crippen LogP) is 1.29. The van der Waals surface area contributed by atoms with Crippen molar-refractivity contribution in [1.82, 2.24) is 9.62 Å². The highest BCUT2D eigenvalue weighted by Crippen LogP contribution is 2.16. The Morgan fingerprint density at radius 1 is 1.38 bits per heavy atom. The molecule has 120 valence electrons. The van der Waals surface area contributed by atoms with Gasteiger partial charge >= 0.3 is 0 Å². The molecule has 0 aromatic heterocycles. The molecule has 0 spiro atoms. The van der Waals surface area contributed by atoms with E-state index in [9.17, 15) is 12.8 Å². The third kappa shape index (κ3) is 5.35. The largest absolute Gasteiger partial charge is 0.326 e. The van der Waals surface area contributed by atoms with Gasteiger partial charge < -0.3 is 10.6 Å². The van der Waals surface area contributed by atoms with E-state index >= 15 is 0 Å². The van der Waals surface area contributed by atoms with Gasteiger partial charge in [-0.05, 0) is 51.6 Å². The molecule has 1 rings (SSSR count). The summed E-state index contributed by atoms with van der Waals surface area (Å²) in [6.07, 6.45) is 0.659. The maximum absolute atomic E-state index is 13.7. The first-order valence-corrected chi connectivity index (χ1v) is 8.44. The third-order valence-electron chi connectivity index (χ3n) is 3.38. The van der Waals surface area contributed by atoms with Crippen LogP contribution in [0, 0.1) is 5.82 Å². The Morgan fingerprint density at radius 2 is 2.05 bits per heavy atom. The van der Waals surface area contributed by atoms with E-state index in [1.165, 1.54) is 12.1 Å². The van der Waals surface area contributed by atoms with Crippen molar-refractivity contribution >= 4 is 10.0 Å². The molecule has 3 N–H and O–H groups in total. The molecule has 0 aliphatic carbocycles. The number of nitrogens with zero attached hydrogens (tertiary/aromatic N) is 1. The highest BCUT2D eigenvalue weighted by molar-refractivity contribution is 7.89. The summed E-state index contributed by atoms with van der Waals surface area (Å²) in [6.45, 7) is 5.34. The van der Waals surface area contributed by atoms with Crippen LogP contribution in [0.4, 0.5) is 4.39 Å². The van der Waals surface area contributed by atoms with Crippen molar-refractivity contribution in [2.45, 2.75) is 37.8 Å². The lowest BCUT2D eigenvalue weighted by molar-refractivity contribution is 0.271. The van der Waals surface area contributed by atoms with Gasteiger partial charge in [-0.3, -0.25) is 0 Å². The van der Waals surface area contributed by atoms with Crippen LogP contribution in [-0.2, 0) is 16.6 Å². The van der Waals surface area contributed by atoms with E-state index in [0.717, 1.165) is 12.6 Å². The van der Waals surface area contributed by atoms with Gasteiger partial charge in [-0.2, -0.15) is 0 Å². The number of nitrogens with one attached hydrogen (secondary N) is 1. The Morgan fingerprint density at radius 3 is 2.62 bits per heavy atom. The molecule has 0 amide bonds. The molecular formula is C14H24FN3O2S. The standard InChI is InChI=1S/C14H24FN3O2S/c1-11(2)18(3)8-4-7-17-21(19,20)14-9-12(10-16)5-6-13(14)15/h5-6,9,11,17H,4,7-8,10,16H2,1-3H3. The molecule has 0 heterocycles. The average Bonchev–Trinajstić information content (AvgIpc) is 2.43. The second-order valence-corrected chi connectivity index (χ2v) is 7.03. The fourth-order valence-corrected chi connectivity index (χ4v) is 2.95. The normalized spacial score (nSPS) is 12.3. The number of halogens is 1. The molecule has 0 atom stereocenters. The molecule has 0 bridgehead atoms. The summed E-state index contributed by atoms with van der Waals surface area (Å²) in [7, 11) is -1.87. The zero-order chi connectivity index (χ0) is 16.0. The predicted molar refractivity (Wildman–Crippen MR) is 81.9 cm³/mol. The van der Waals surface area contributed by atoms with Gasteiger partial charge in [0, 0.05) is 19.1 Å². The first-order chi connectivity index (χ1) is 9.77. The van der Waals surface area contributed by atoms with Gasteiger partial charge in [-0.25, -0.2) is 17.5 Å². The first kappa shape index (κ1) is 18.0. The topological polar surface area (TPSA) is 75.4 Å². The minimum Gasteiger partial charge on any atom is -0.326 e. The van der Waals surface area contributed by atoms with Crippen molar-refractivity contribution in [1.29, 1.82) is 0 Å². The second kappa shape index (κ2) is 7.84. The molecule has 0 radical (unpaired) electrons. The van der Waals surface area contributed by atoms with Crippen LogP contribution in [0.1, 0.15) is 25.8 Å². The van der Waals surface area contributed by atoms with Crippen LogP contribution in [-0.4, -0.2) is 39.5 Å². The van der Waals surface area contributed by atoms with Gasteiger partial charge in [-0.15, -0.1) is 0 Å². The fourth-order valence-electron chi connectivity index (χ4n) is 1.75. The summed E-state index contributed by atoms with van der Waals surface area (Å²) < 4.78 is 40.3. The average molecular weight is 317 g/mol. The van der Waals surface area contributed by atoms with Crippen LogP contribution in [0.3, 0.4) is 0 Å². The number of hydrogen-bond acceptors (Lipinski definition) is 4. The van der Waals surface area contributed by atoms with Crippen LogP contribution in [0.25, 0.3) is 0 Å². The monoisotopic (exact) mass is 317 g/mol. The van der Waals surface area contributed by atoms with Gasteiger partial charge in [0.05, 0.1) is 0 Å². The summed E-state index contributed by atoms with van der Waals surface area (Å²) in [6, 6.07) is 4.29. The highest BCUT2D eigenvalue weighted by Gasteiger charge is 2.19. The van der Waals surface area contributed by atoms with Gasteiger partial charge in [0.15, 0.2) is 0 Å². The maximum atomic E-state index is 13.7. The highest BCUT2D eigenvalue weighted by atomic mass is 32.2. The van der Waals surface area contributed by atoms with Crippen molar-refractivity contribution in [3.8, 4) is 0 Å². The number of nitrogens with two attached hydrogens (primary N) is 1. The number of rotatable bonds is 8. The summed E-state index contributed by atoms with van der Waals surface area (Å²) in [5.74, 6) is -0.765. The van der Waals surface area contributed by atoms with Crippen molar-refractivity contribution in [2.75, 3.05) is 20.1 Å². The zero-order valence-corrected chi connectivity index (χ0v) is 13.6. The number of benzene rings is 1. The van der Waals surface area contributed by atoms with Gasteiger partial charge in [0.2, 0.25) is 10.0 Å². The minimum atomic E-state index is -3.84. The summed E-state index contributed by atoms with van der Waals surface area (Å²) in [4.78, 5) is 1.77. The fraction of sp³-hybridized carbons (Fsp3) is 0.571. The van der Waals surface area contributed by atoms with Crippen molar-refractivity contribution < 1.29 is 12.8 Å². The lowest BCUT2D eigenvalue weighted by Crippen LogP contribution is -2.31. The Labute approximate surface area is 126 Å².